The van der Waals surface area contributed by atoms with Crippen molar-refractivity contribution < 1.29 is 13.2 Å². The number of hydrogen-bond donors (Lipinski definition) is 2. The number of halogens is 4. The zero-order valence-corrected chi connectivity index (χ0v) is 15.7. The van der Waals surface area contributed by atoms with Crippen LogP contribution in [-0.4, -0.2) is 42.8 Å². The molecule has 3 nitrogen and oxygen atoms in total. The van der Waals surface area contributed by atoms with Gasteiger partial charge in [0, 0.05) is 31.3 Å². The van der Waals surface area contributed by atoms with Crippen LogP contribution in [0.5, 0.6) is 0 Å². The topological polar surface area (TPSA) is 36.4 Å². The summed E-state index contributed by atoms with van der Waals surface area (Å²) in [6.07, 6.45) is -1.68. The largest absolute Gasteiger partial charge is 0.389 e. The Morgan fingerprint density at radius 2 is 2.00 bits per heavy atom. The lowest BCUT2D eigenvalue weighted by Crippen LogP contribution is -2.43. The fourth-order valence-corrected chi connectivity index (χ4v) is 3.37. The van der Waals surface area contributed by atoms with Crippen molar-refractivity contribution in [3.8, 4) is 0 Å². The average Bonchev–Trinajstić information content (AvgIpc) is 2.79. The van der Waals surface area contributed by atoms with E-state index in [4.69, 9.17) is 0 Å². The van der Waals surface area contributed by atoms with Gasteiger partial charge in [-0.2, -0.15) is 24.9 Å². The van der Waals surface area contributed by atoms with E-state index in [9.17, 15) is 13.2 Å². The molecule has 1 aliphatic rings. The average molecular weight is 439 g/mol. The first-order chi connectivity index (χ1) is 9.35. The number of unbranched alkanes of at least 4 members (excludes halogenated alkanes) is 1. The second-order valence-corrected chi connectivity index (χ2v) is 7.01. The summed E-state index contributed by atoms with van der Waals surface area (Å²) in [6.45, 7) is 3.58. The van der Waals surface area contributed by atoms with Crippen LogP contribution in [0, 0.1) is 0 Å². The molecule has 1 fully saturated rings. The molecule has 0 aromatic heterocycles. The van der Waals surface area contributed by atoms with Gasteiger partial charge in [-0.15, -0.1) is 24.0 Å². The molecule has 8 heteroatoms. The number of guanidine groups is 1. The van der Waals surface area contributed by atoms with Gasteiger partial charge in [-0.25, -0.2) is 0 Å². The maximum absolute atomic E-state index is 12.0. The van der Waals surface area contributed by atoms with Crippen LogP contribution in [0.1, 0.15) is 39.0 Å². The summed E-state index contributed by atoms with van der Waals surface area (Å²) in [5.74, 6) is 1.87. The highest BCUT2D eigenvalue weighted by atomic mass is 127. The van der Waals surface area contributed by atoms with Crippen molar-refractivity contribution in [2.45, 2.75) is 50.0 Å². The molecule has 0 amide bonds. The van der Waals surface area contributed by atoms with Gasteiger partial charge in [0.25, 0.3) is 0 Å². The van der Waals surface area contributed by atoms with Crippen molar-refractivity contribution in [3.05, 3.63) is 0 Å². The van der Waals surface area contributed by atoms with Crippen LogP contribution >= 0.6 is 35.7 Å². The Balaban J connectivity index is 0.00000400. The van der Waals surface area contributed by atoms with Crippen molar-refractivity contribution in [2.24, 2.45) is 4.99 Å². The lowest BCUT2D eigenvalue weighted by Gasteiger charge is -2.24. The first-order valence-corrected chi connectivity index (χ1v) is 7.98. The standard InChI is InChI=1S/C13H24F3N3S.HI/c1-12(6-5-9-20-12)10-19-11(17-2)18-8-4-3-7-13(14,15)16;/h3-10H2,1-2H3,(H2,17,18,19);1H. The van der Waals surface area contributed by atoms with Gasteiger partial charge in [-0.05, 0) is 38.4 Å². The van der Waals surface area contributed by atoms with Gasteiger partial charge < -0.3 is 10.6 Å². The van der Waals surface area contributed by atoms with E-state index in [0.29, 0.717) is 18.9 Å². The zero-order valence-electron chi connectivity index (χ0n) is 12.6. The van der Waals surface area contributed by atoms with Crippen molar-refractivity contribution in [1.82, 2.24) is 10.6 Å². The minimum Gasteiger partial charge on any atom is -0.356 e. The van der Waals surface area contributed by atoms with Crippen molar-refractivity contribution in [2.75, 3.05) is 25.9 Å². The fourth-order valence-electron chi connectivity index (χ4n) is 2.12. The molecule has 0 radical (unpaired) electrons. The highest BCUT2D eigenvalue weighted by Crippen LogP contribution is 2.36. The number of rotatable bonds is 6. The molecule has 1 atom stereocenters. The predicted octanol–water partition coefficient (Wildman–Crippen LogP) is 3.79. The molecule has 21 heavy (non-hydrogen) atoms. The number of alkyl halides is 3. The van der Waals surface area contributed by atoms with E-state index in [0.717, 1.165) is 6.54 Å². The van der Waals surface area contributed by atoms with Crippen LogP contribution in [0.4, 0.5) is 13.2 Å². The van der Waals surface area contributed by atoms with Crippen molar-refractivity contribution >= 4 is 41.7 Å². The second-order valence-electron chi connectivity index (χ2n) is 5.33. The van der Waals surface area contributed by atoms with Crippen LogP contribution in [0.3, 0.4) is 0 Å². The van der Waals surface area contributed by atoms with E-state index >= 15 is 0 Å². The maximum atomic E-state index is 12.0. The number of hydrogen-bond acceptors (Lipinski definition) is 2. The molecule has 0 spiro atoms. The molecule has 1 heterocycles. The molecule has 126 valence electrons. The van der Waals surface area contributed by atoms with E-state index in [1.54, 1.807) is 7.05 Å². The highest BCUT2D eigenvalue weighted by Gasteiger charge is 2.29. The molecular formula is C13H25F3IN3S. The van der Waals surface area contributed by atoms with Gasteiger partial charge in [-0.1, -0.05) is 0 Å². The Morgan fingerprint density at radius 3 is 2.52 bits per heavy atom. The first kappa shape index (κ1) is 21.1. The minimum atomic E-state index is -4.05. The van der Waals surface area contributed by atoms with Crippen LogP contribution in [0.2, 0.25) is 0 Å². The second kappa shape index (κ2) is 10.0. The summed E-state index contributed by atoms with van der Waals surface area (Å²) in [5.41, 5.74) is 0. The normalized spacial score (nSPS) is 22.8. The monoisotopic (exact) mass is 439 g/mol. The summed E-state index contributed by atoms with van der Waals surface area (Å²) in [6, 6.07) is 0. The van der Waals surface area contributed by atoms with Crippen LogP contribution < -0.4 is 10.6 Å². The third kappa shape index (κ3) is 9.70. The third-order valence-electron chi connectivity index (χ3n) is 3.33. The minimum absolute atomic E-state index is 0. The maximum Gasteiger partial charge on any atom is 0.389 e. The van der Waals surface area contributed by atoms with E-state index < -0.39 is 12.6 Å². The van der Waals surface area contributed by atoms with E-state index in [1.165, 1.54) is 18.6 Å². The van der Waals surface area contributed by atoms with Gasteiger partial charge in [0.1, 0.15) is 0 Å². The first-order valence-electron chi connectivity index (χ1n) is 7.00. The molecule has 1 aliphatic heterocycles. The Labute approximate surface area is 146 Å². The summed E-state index contributed by atoms with van der Waals surface area (Å²) in [7, 11) is 1.68. The molecule has 1 unspecified atom stereocenters. The Hall–Kier alpha value is 0.140. The van der Waals surface area contributed by atoms with Gasteiger partial charge in [0.15, 0.2) is 5.96 Å². The molecule has 2 N–H and O–H groups in total. The quantitative estimate of drug-likeness (QED) is 0.286. The van der Waals surface area contributed by atoms with Crippen LogP contribution in [0.25, 0.3) is 0 Å². The van der Waals surface area contributed by atoms with Crippen molar-refractivity contribution in [1.29, 1.82) is 0 Å². The van der Waals surface area contributed by atoms with Gasteiger partial charge in [-0.3, -0.25) is 4.99 Å². The van der Waals surface area contributed by atoms with Crippen molar-refractivity contribution in [3.63, 3.8) is 0 Å². The predicted molar refractivity (Wildman–Crippen MR) is 94.8 cm³/mol. The molecule has 0 bridgehead atoms. The molecular weight excluding hydrogens is 414 g/mol. The van der Waals surface area contributed by atoms with Crippen LogP contribution in [0.15, 0.2) is 4.99 Å². The smallest absolute Gasteiger partial charge is 0.356 e. The SMILES string of the molecule is CN=C(NCCCCC(F)(F)F)NCC1(C)CCCS1.I. The molecule has 0 aliphatic carbocycles. The molecule has 0 saturated carbocycles. The summed E-state index contributed by atoms with van der Waals surface area (Å²) >= 11 is 1.96. The van der Waals surface area contributed by atoms with Crippen LogP contribution in [-0.2, 0) is 0 Å². The molecule has 0 aromatic rings. The van der Waals surface area contributed by atoms with E-state index in [2.05, 4.69) is 22.5 Å². The number of thioether (sulfide) groups is 1. The lowest BCUT2D eigenvalue weighted by molar-refractivity contribution is -0.135. The molecule has 1 saturated heterocycles. The van der Waals surface area contributed by atoms with Gasteiger partial charge >= 0.3 is 6.18 Å². The summed E-state index contributed by atoms with van der Waals surface area (Å²) < 4.78 is 36.2. The third-order valence-corrected chi connectivity index (χ3v) is 4.87. The number of nitrogens with zero attached hydrogens (tertiary/aromatic N) is 1. The Kier molecular flexibility index (Phi) is 10.1. The molecule has 0 aromatic carbocycles. The Bertz CT molecular complexity index is 318. The number of nitrogens with one attached hydrogen (secondary N) is 2. The molecule has 1 rings (SSSR count). The van der Waals surface area contributed by atoms with Gasteiger partial charge in [0.2, 0.25) is 0 Å². The van der Waals surface area contributed by atoms with E-state index in [-0.39, 0.29) is 35.1 Å². The lowest BCUT2D eigenvalue weighted by atomic mass is 10.1. The summed E-state index contributed by atoms with van der Waals surface area (Å²) in [5, 5.41) is 6.31. The Morgan fingerprint density at radius 1 is 1.29 bits per heavy atom. The highest BCUT2D eigenvalue weighted by molar-refractivity contribution is 14.0. The summed E-state index contributed by atoms with van der Waals surface area (Å²) in [4.78, 5) is 4.09. The van der Waals surface area contributed by atoms with Gasteiger partial charge in [0.05, 0.1) is 0 Å². The fraction of sp³-hybridized carbons (Fsp3) is 0.923. The van der Waals surface area contributed by atoms with E-state index in [1.807, 2.05) is 11.8 Å². The number of aliphatic imine (C=N–C) groups is 1. The zero-order chi connectivity index (χ0) is 15.1.